The average Bonchev–Trinajstić information content (AvgIpc) is 2.80. The van der Waals surface area contributed by atoms with E-state index in [2.05, 4.69) is 0 Å². The third-order valence-electron chi connectivity index (χ3n) is 4.97. The van der Waals surface area contributed by atoms with E-state index in [4.69, 9.17) is 21.1 Å². The summed E-state index contributed by atoms with van der Waals surface area (Å²) in [7, 11) is 3.45. The largest absolute Gasteiger partial charge is 0.456 e. The van der Waals surface area contributed by atoms with Gasteiger partial charge in [-0.15, -0.1) is 0 Å². The number of hydrogen-bond acceptors (Lipinski definition) is 4. The van der Waals surface area contributed by atoms with Crippen LogP contribution in [0.25, 0.3) is 21.9 Å². The zero-order valence-electron chi connectivity index (χ0n) is 17.5. The summed E-state index contributed by atoms with van der Waals surface area (Å²) in [4.78, 5) is 24.7. The Hall–Kier alpha value is -3.83. The van der Waals surface area contributed by atoms with Crippen molar-refractivity contribution in [1.29, 1.82) is 0 Å². The molecule has 4 aromatic carbocycles. The highest BCUT2D eigenvalue weighted by atomic mass is 35.5. The summed E-state index contributed by atoms with van der Waals surface area (Å²) in [5, 5.41) is 1.99. The smallest absolute Gasteiger partial charge is 0.409 e. The van der Waals surface area contributed by atoms with Gasteiger partial charge in [-0.25, -0.2) is 4.79 Å². The van der Waals surface area contributed by atoms with Gasteiger partial charge < -0.3 is 14.4 Å². The van der Waals surface area contributed by atoms with Crippen molar-refractivity contribution in [3.8, 4) is 28.4 Å². The van der Waals surface area contributed by atoms with Gasteiger partial charge in [-0.1, -0.05) is 42.5 Å². The Balaban J connectivity index is 1.75. The molecule has 0 aliphatic heterocycles. The molecule has 5 nitrogen and oxygen atoms in total. The Bertz CT molecular complexity index is 1280. The summed E-state index contributed by atoms with van der Waals surface area (Å²) in [6.45, 7) is 0. The van der Waals surface area contributed by atoms with Gasteiger partial charge in [-0.3, -0.25) is 4.79 Å². The molecule has 0 unspecified atom stereocenters. The quantitative estimate of drug-likeness (QED) is 0.319. The number of benzene rings is 4. The standard InChI is InChI=1S/C26H20ClNO4/c1-28(2)25(29)19-9-7-18(8-10-19)23-16-11-17-5-3-4-6-22(17)24(23)31-20-12-14-21(15-13-20)32-26(27)30/h3-16H,1-2H3. The SMILES string of the molecule is CN(C)C(=O)c1ccc(-c2ccc3ccccc3c2Oc2ccc(OC(=O)Cl)cc2)cc1. The lowest BCUT2D eigenvalue weighted by Crippen LogP contribution is -2.21. The van der Waals surface area contributed by atoms with Gasteiger partial charge in [0.1, 0.15) is 17.2 Å². The van der Waals surface area contributed by atoms with Gasteiger partial charge in [-0.2, -0.15) is 0 Å². The molecule has 0 bridgehead atoms. The summed E-state index contributed by atoms with van der Waals surface area (Å²) in [6.07, 6.45) is 0. The van der Waals surface area contributed by atoms with Crippen molar-refractivity contribution in [3.05, 3.63) is 90.5 Å². The predicted molar refractivity (Wildman–Crippen MR) is 126 cm³/mol. The van der Waals surface area contributed by atoms with Crippen molar-refractivity contribution < 1.29 is 19.1 Å². The van der Waals surface area contributed by atoms with E-state index in [1.807, 2.05) is 60.7 Å². The van der Waals surface area contributed by atoms with Crippen LogP contribution in [-0.2, 0) is 0 Å². The number of carbonyl (C=O) groups is 2. The monoisotopic (exact) mass is 445 g/mol. The van der Waals surface area contributed by atoms with E-state index in [9.17, 15) is 9.59 Å². The molecule has 6 heteroatoms. The molecular formula is C26H20ClNO4. The third-order valence-corrected chi connectivity index (χ3v) is 5.05. The number of rotatable bonds is 5. The van der Waals surface area contributed by atoms with E-state index in [0.29, 0.717) is 22.8 Å². The molecule has 160 valence electrons. The van der Waals surface area contributed by atoms with Gasteiger partial charge in [0.2, 0.25) is 0 Å². The van der Waals surface area contributed by atoms with E-state index in [1.54, 1.807) is 43.3 Å². The lowest BCUT2D eigenvalue weighted by Gasteiger charge is -2.16. The van der Waals surface area contributed by atoms with Crippen molar-refractivity contribution >= 4 is 33.7 Å². The minimum absolute atomic E-state index is 0.0516. The van der Waals surface area contributed by atoms with Crippen LogP contribution in [0.2, 0.25) is 0 Å². The minimum atomic E-state index is -0.897. The second-order valence-corrected chi connectivity index (χ2v) is 7.66. The first kappa shape index (κ1) is 21.4. The van der Waals surface area contributed by atoms with Crippen LogP contribution in [0.15, 0.2) is 84.9 Å². The maximum Gasteiger partial charge on any atom is 0.409 e. The zero-order valence-corrected chi connectivity index (χ0v) is 18.3. The second-order valence-electron chi connectivity index (χ2n) is 7.35. The van der Waals surface area contributed by atoms with E-state index in [-0.39, 0.29) is 5.91 Å². The first-order valence-corrected chi connectivity index (χ1v) is 10.3. The molecule has 0 N–H and O–H groups in total. The molecule has 0 radical (unpaired) electrons. The van der Waals surface area contributed by atoms with Crippen LogP contribution in [0, 0.1) is 0 Å². The number of amides is 1. The molecule has 0 aliphatic rings. The zero-order chi connectivity index (χ0) is 22.7. The highest BCUT2D eigenvalue weighted by Crippen LogP contribution is 2.40. The van der Waals surface area contributed by atoms with Gasteiger partial charge in [0, 0.05) is 42.2 Å². The highest BCUT2D eigenvalue weighted by Gasteiger charge is 2.14. The first-order chi connectivity index (χ1) is 15.4. The molecule has 0 aromatic heterocycles. The predicted octanol–water partition coefficient (Wildman–Crippen LogP) is 6.74. The second kappa shape index (κ2) is 9.12. The Kier molecular flexibility index (Phi) is 6.10. The summed E-state index contributed by atoms with van der Waals surface area (Å²) in [5.41, 5.74) is 1.54. The molecule has 0 aliphatic carbocycles. The van der Waals surface area contributed by atoms with E-state index in [0.717, 1.165) is 21.9 Å². The topological polar surface area (TPSA) is 55.8 Å². The Morgan fingerprint density at radius 1 is 0.781 bits per heavy atom. The maximum atomic E-state index is 12.2. The van der Waals surface area contributed by atoms with Crippen LogP contribution >= 0.6 is 11.6 Å². The molecule has 32 heavy (non-hydrogen) atoms. The van der Waals surface area contributed by atoms with Crippen LogP contribution in [-0.4, -0.2) is 30.3 Å². The van der Waals surface area contributed by atoms with Crippen LogP contribution in [0.1, 0.15) is 10.4 Å². The Morgan fingerprint density at radius 3 is 2.09 bits per heavy atom. The molecular weight excluding hydrogens is 426 g/mol. The van der Waals surface area contributed by atoms with Crippen molar-refractivity contribution in [2.45, 2.75) is 0 Å². The molecule has 0 fully saturated rings. The number of hydrogen-bond donors (Lipinski definition) is 0. The number of halogens is 1. The molecule has 0 saturated heterocycles. The molecule has 4 aromatic rings. The van der Waals surface area contributed by atoms with Crippen LogP contribution < -0.4 is 9.47 Å². The fraction of sp³-hybridized carbons (Fsp3) is 0.0769. The summed E-state index contributed by atoms with van der Waals surface area (Å²) < 4.78 is 11.2. The number of ether oxygens (including phenoxy) is 2. The average molecular weight is 446 g/mol. The Morgan fingerprint density at radius 2 is 1.44 bits per heavy atom. The molecule has 1 amide bonds. The van der Waals surface area contributed by atoms with Crippen molar-refractivity contribution in [2.75, 3.05) is 14.1 Å². The lowest BCUT2D eigenvalue weighted by molar-refractivity contribution is 0.0827. The number of fused-ring (bicyclic) bond motifs is 1. The normalized spacial score (nSPS) is 10.6. The summed E-state index contributed by atoms with van der Waals surface area (Å²) in [5.74, 6) is 1.55. The van der Waals surface area contributed by atoms with Crippen LogP contribution in [0.4, 0.5) is 4.79 Å². The Labute approximate surface area is 190 Å². The molecule has 0 atom stereocenters. The van der Waals surface area contributed by atoms with Crippen molar-refractivity contribution in [3.63, 3.8) is 0 Å². The first-order valence-electron chi connectivity index (χ1n) is 9.91. The summed E-state index contributed by atoms with van der Waals surface area (Å²) in [6, 6.07) is 26.1. The maximum absolute atomic E-state index is 12.2. The molecule has 0 spiro atoms. The van der Waals surface area contributed by atoms with E-state index in [1.165, 1.54) is 0 Å². The fourth-order valence-electron chi connectivity index (χ4n) is 3.42. The lowest BCUT2D eigenvalue weighted by atomic mass is 9.98. The van der Waals surface area contributed by atoms with Gasteiger partial charge in [0.05, 0.1) is 0 Å². The third kappa shape index (κ3) is 4.58. The van der Waals surface area contributed by atoms with Crippen LogP contribution in [0.3, 0.4) is 0 Å². The van der Waals surface area contributed by atoms with Gasteiger partial charge in [-0.05, 0) is 53.4 Å². The van der Waals surface area contributed by atoms with E-state index >= 15 is 0 Å². The van der Waals surface area contributed by atoms with Crippen LogP contribution in [0.5, 0.6) is 17.2 Å². The van der Waals surface area contributed by atoms with E-state index < -0.39 is 5.43 Å². The highest BCUT2D eigenvalue weighted by molar-refractivity contribution is 6.61. The molecule has 4 rings (SSSR count). The van der Waals surface area contributed by atoms with Crippen molar-refractivity contribution in [1.82, 2.24) is 4.90 Å². The van der Waals surface area contributed by atoms with Gasteiger partial charge >= 0.3 is 5.43 Å². The number of carbonyl (C=O) groups excluding carboxylic acids is 2. The number of nitrogens with zero attached hydrogens (tertiary/aromatic N) is 1. The molecule has 0 saturated carbocycles. The molecule has 0 heterocycles. The fourth-order valence-corrected chi connectivity index (χ4v) is 3.51. The van der Waals surface area contributed by atoms with Crippen molar-refractivity contribution in [2.24, 2.45) is 0 Å². The summed E-state index contributed by atoms with van der Waals surface area (Å²) >= 11 is 5.27. The van der Waals surface area contributed by atoms with Gasteiger partial charge in [0.25, 0.3) is 5.91 Å². The minimum Gasteiger partial charge on any atom is -0.456 e. The van der Waals surface area contributed by atoms with Gasteiger partial charge in [0.15, 0.2) is 0 Å².